The molecule has 0 aliphatic heterocycles. The summed E-state index contributed by atoms with van der Waals surface area (Å²) >= 11 is 0. The van der Waals surface area contributed by atoms with E-state index < -0.39 is 0 Å². The number of aryl methyl sites for hydroxylation is 2. The molecule has 1 aromatic carbocycles. The first-order valence-electron chi connectivity index (χ1n) is 8.53. The summed E-state index contributed by atoms with van der Waals surface area (Å²) in [6.07, 6.45) is 0. The number of carbonyl (C=O) groups is 1. The maximum atomic E-state index is 12.3. The van der Waals surface area contributed by atoms with E-state index >= 15 is 0 Å². The first-order chi connectivity index (χ1) is 11.5. The van der Waals surface area contributed by atoms with E-state index in [4.69, 9.17) is 0 Å². The zero-order valence-corrected chi connectivity index (χ0v) is 14.9. The van der Waals surface area contributed by atoms with Crippen LogP contribution in [0.15, 0.2) is 23.0 Å². The Morgan fingerprint density at radius 1 is 1.25 bits per heavy atom. The van der Waals surface area contributed by atoms with E-state index in [-0.39, 0.29) is 11.5 Å². The summed E-state index contributed by atoms with van der Waals surface area (Å²) in [5.41, 5.74) is 2.36. The van der Waals surface area contributed by atoms with Gasteiger partial charge in [0.15, 0.2) is 0 Å². The average Bonchev–Trinajstić information content (AvgIpc) is 2.59. The van der Waals surface area contributed by atoms with Gasteiger partial charge >= 0.3 is 0 Å². The minimum atomic E-state index is -0.113. The van der Waals surface area contributed by atoms with Crippen molar-refractivity contribution in [3.05, 3.63) is 39.8 Å². The zero-order chi connectivity index (χ0) is 17.7. The molecule has 0 saturated carbocycles. The van der Waals surface area contributed by atoms with Crippen LogP contribution in [0, 0.1) is 6.92 Å². The highest BCUT2D eigenvalue weighted by atomic mass is 16.1. The van der Waals surface area contributed by atoms with Crippen LogP contribution in [0.3, 0.4) is 0 Å². The number of nitrogens with one attached hydrogen (secondary N) is 1. The maximum absolute atomic E-state index is 12.3. The second-order valence-electron chi connectivity index (χ2n) is 5.73. The highest BCUT2D eigenvalue weighted by Crippen LogP contribution is 2.13. The molecule has 1 N–H and O–H groups in total. The molecule has 0 bridgehead atoms. The number of aromatic nitrogens is 2. The van der Waals surface area contributed by atoms with E-state index in [2.05, 4.69) is 29.0 Å². The second kappa shape index (κ2) is 8.06. The molecule has 0 radical (unpaired) electrons. The molecule has 130 valence electrons. The molecule has 0 fully saturated rings. The lowest BCUT2D eigenvalue weighted by Gasteiger charge is -2.18. The number of carbonyl (C=O) groups excluding carboxylic acids is 1. The van der Waals surface area contributed by atoms with Crippen LogP contribution in [0.2, 0.25) is 0 Å². The van der Waals surface area contributed by atoms with Crippen LogP contribution in [-0.2, 0) is 6.54 Å². The minimum Gasteiger partial charge on any atom is -0.351 e. The predicted molar refractivity (Wildman–Crippen MR) is 96.5 cm³/mol. The molecule has 24 heavy (non-hydrogen) atoms. The van der Waals surface area contributed by atoms with Gasteiger partial charge in [-0.2, -0.15) is 0 Å². The van der Waals surface area contributed by atoms with Crippen LogP contribution in [-0.4, -0.2) is 46.5 Å². The lowest BCUT2D eigenvalue weighted by molar-refractivity contribution is 0.0949. The van der Waals surface area contributed by atoms with Crippen molar-refractivity contribution in [3.8, 4) is 0 Å². The van der Waals surface area contributed by atoms with Gasteiger partial charge in [-0.3, -0.25) is 9.59 Å². The second-order valence-corrected chi connectivity index (χ2v) is 5.73. The normalized spacial score (nSPS) is 11.2. The van der Waals surface area contributed by atoms with Gasteiger partial charge in [-0.1, -0.05) is 13.8 Å². The zero-order valence-electron chi connectivity index (χ0n) is 14.9. The van der Waals surface area contributed by atoms with Gasteiger partial charge in [-0.25, -0.2) is 4.98 Å². The van der Waals surface area contributed by atoms with Crippen molar-refractivity contribution in [3.63, 3.8) is 0 Å². The Labute approximate surface area is 142 Å². The van der Waals surface area contributed by atoms with E-state index in [0.717, 1.165) is 25.2 Å². The Hall–Kier alpha value is -2.21. The Bertz CT molecular complexity index is 778. The summed E-state index contributed by atoms with van der Waals surface area (Å²) in [6.45, 7) is 11.8. The third-order valence-corrected chi connectivity index (χ3v) is 4.30. The molecule has 6 heteroatoms. The Kier molecular flexibility index (Phi) is 6.09. The molecule has 0 saturated heterocycles. The molecule has 2 rings (SSSR count). The van der Waals surface area contributed by atoms with Gasteiger partial charge in [0, 0.05) is 25.2 Å². The fourth-order valence-electron chi connectivity index (χ4n) is 2.80. The van der Waals surface area contributed by atoms with Gasteiger partial charge in [0.25, 0.3) is 11.5 Å². The fourth-order valence-corrected chi connectivity index (χ4v) is 2.80. The molecular formula is C18H26N4O2. The number of nitrogens with zero attached hydrogens (tertiary/aromatic N) is 3. The number of amides is 1. The van der Waals surface area contributed by atoms with Gasteiger partial charge in [0.05, 0.1) is 11.0 Å². The molecule has 2 aromatic rings. The van der Waals surface area contributed by atoms with Gasteiger partial charge in [-0.05, 0) is 45.1 Å². The van der Waals surface area contributed by atoms with Crippen LogP contribution in [0.1, 0.15) is 36.8 Å². The molecule has 0 spiro atoms. The number of fused-ring (bicyclic) bond motifs is 1. The highest BCUT2D eigenvalue weighted by Gasteiger charge is 2.11. The summed E-state index contributed by atoms with van der Waals surface area (Å²) in [5, 5.41) is 2.94. The smallest absolute Gasteiger partial charge is 0.272 e. The summed E-state index contributed by atoms with van der Waals surface area (Å²) < 4.78 is 1.68. The number of rotatable bonds is 7. The molecule has 0 unspecified atom stereocenters. The Morgan fingerprint density at radius 2 is 1.96 bits per heavy atom. The number of hydrogen-bond acceptors (Lipinski definition) is 4. The molecule has 0 aliphatic rings. The monoisotopic (exact) mass is 330 g/mol. The summed E-state index contributed by atoms with van der Waals surface area (Å²) in [5.74, 6) is -0.113. The number of benzene rings is 1. The quantitative estimate of drug-likeness (QED) is 0.840. The SMILES string of the molecule is CCN(CC)CCNC(=O)c1ccc2c(c1)nc(C)c(=O)n2CC. The summed E-state index contributed by atoms with van der Waals surface area (Å²) in [6, 6.07) is 5.30. The van der Waals surface area contributed by atoms with E-state index in [9.17, 15) is 9.59 Å². The van der Waals surface area contributed by atoms with Crippen molar-refractivity contribution in [1.29, 1.82) is 0 Å². The van der Waals surface area contributed by atoms with Crippen molar-refractivity contribution in [2.75, 3.05) is 26.2 Å². The summed E-state index contributed by atoms with van der Waals surface area (Å²) in [4.78, 5) is 31.0. The highest BCUT2D eigenvalue weighted by molar-refractivity contribution is 5.97. The van der Waals surface area contributed by atoms with E-state index in [1.807, 2.05) is 6.92 Å². The molecule has 1 aromatic heterocycles. The maximum Gasteiger partial charge on any atom is 0.272 e. The molecule has 1 heterocycles. The third kappa shape index (κ3) is 3.82. The van der Waals surface area contributed by atoms with E-state index in [0.29, 0.717) is 29.9 Å². The van der Waals surface area contributed by atoms with Crippen molar-refractivity contribution in [1.82, 2.24) is 19.8 Å². The topological polar surface area (TPSA) is 67.2 Å². The largest absolute Gasteiger partial charge is 0.351 e. The first kappa shape index (κ1) is 18.1. The first-order valence-corrected chi connectivity index (χ1v) is 8.53. The molecule has 0 aliphatic carbocycles. The van der Waals surface area contributed by atoms with Gasteiger partial charge < -0.3 is 14.8 Å². The van der Waals surface area contributed by atoms with Crippen molar-refractivity contribution >= 4 is 16.9 Å². The van der Waals surface area contributed by atoms with E-state index in [1.165, 1.54) is 0 Å². The van der Waals surface area contributed by atoms with Crippen LogP contribution < -0.4 is 10.9 Å². The summed E-state index contributed by atoms with van der Waals surface area (Å²) in [7, 11) is 0. The van der Waals surface area contributed by atoms with Crippen LogP contribution in [0.4, 0.5) is 0 Å². The van der Waals surface area contributed by atoms with Crippen LogP contribution in [0.5, 0.6) is 0 Å². The van der Waals surface area contributed by atoms with Crippen molar-refractivity contribution in [2.24, 2.45) is 0 Å². The van der Waals surface area contributed by atoms with Gasteiger partial charge in [0.2, 0.25) is 0 Å². The van der Waals surface area contributed by atoms with Gasteiger partial charge in [0.1, 0.15) is 5.69 Å². The van der Waals surface area contributed by atoms with E-state index in [1.54, 1.807) is 29.7 Å². The Morgan fingerprint density at radius 3 is 2.58 bits per heavy atom. The van der Waals surface area contributed by atoms with Crippen molar-refractivity contribution in [2.45, 2.75) is 34.2 Å². The predicted octanol–water partition coefficient (Wildman–Crippen LogP) is 1.80. The Balaban J connectivity index is 2.20. The average molecular weight is 330 g/mol. The third-order valence-electron chi connectivity index (χ3n) is 4.30. The number of hydrogen-bond donors (Lipinski definition) is 1. The van der Waals surface area contributed by atoms with Crippen LogP contribution in [0.25, 0.3) is 11.0 Å². The van der Waals surface area contributed by atoms with Crippen molar-refractivity contribution < 1.29 is 4.79 Å². The van der Waals surface area contributed by atoms with Gasteiger partial charge in [-0.15, -0.1) is 0 Å². The molecule has 1 amide bonds. The standard InChI is InChI=1S/C18H26N4O2/c1-5-21(6-2)11-10-19-17(23)14-8-9-16-15(12-14)20-13(4)18(24)22(16)7-3/h8-9,12H,5-7,10-11H2,1-4H3,(H,19,23). The lowest BCUT2D eigenvalue weighted by atomic mass is 10.1. The molecule has 6 nitrogen and oxygen atoms in total. The van der Waals surface area contributed by atoms with Crippen LogP contribution >= 0.6 is 0 Å². The fraction of sp³-hybridized carbons (Fsp3) is 0.500. The minimum absolute atomic E-state index is 0.0820. The molecule has 0 atom stereocenters. The molecular weight excluding hydrogens is 304 g/mol. The number of likely N-dealkylation sites (N-methyl/N-ethyl adjacent to an activating group) is 1. The lowest BCUT2D eigenvalue weighted by Crippen LogP contribution is -2.34.